The Labute approximate surface area is 113 Å². The van der Waals surface area contributed by atoms with E-state index in [1.165, 1.54) is 13.2 Å². The van der Waals surface area contributed by atoms with Crippen LogP contribution in [0.4, 0.5) is 18.9 Å². The second-order valence-corrected chi connectivity index (χ2v) is 4.43. The predicted molar refractivity (Wildman–Crippen MR) is 66.2 cm³/mol. The SMILES string of the molecule is COC(=O)CC(C)Nc1ccc(Cl)c(C(F)(F)F)c1. The molecule has 3 nitrogen and oxygen atoms in total. The molecule has 0 fully saturated rings. The number of carbonyl (C=O) groups excluding carboxylic acids is 1. The number of halogens is 4. The zero-order valence-electron chi connectivity index (χ0n) is 10.3. The van der Waals surface area contributed by atoms with Gasteiger partial charge in [0.1, 0.15) is 0 Å². The number of alkyl halides is 3. The number of rotatable bonds is 4. The molecule has 0 amide bonds. The van der Waals surface area contributed by atoms with Crippen LogP contribution in [0.2, 0.25) is 5.02 Å². The largest absolute Gasteiger partial charge is 0.469 e. The first-order valence-electron chi connectivity index (χ1n) is 5.44. The molecule has 1 aromatic carbocycles. The van der Waals surface area contributed by atoms with Crippen molar-refractivity contribution in [1.29, 1.82) is 0 Å². The fourth-order valence-electron chi connectivity index (χ4n) is 1.50. The van der Waals surface area contributed by atoms with Gasteiger partial charge in [0.05, 0.1) is 24.1 Å². The van der Waals surface area contributed by atoms with Crippen LogP contribution >= 0.6 is 11.6 Å². The van der Waals surface area contributed by atoms with E-state index >= 15 is 0 Å². The maximum Gasteiger partial charge on any atom is 0.417 e. The van der Waals surface area contributed by atoms with E-state index in [1.54, 1.807) is 6.92 Å². The van der Waals surface area contributed by atoms with Gasteiger partial charge in [0.15, 0.2) is 0 Å². The molecule has 0 saturated carbocycles. The number of benzene rings is 1. The number of carbonyl (C=O) groups is 1. The summed E-state index contributed by atoms with van der Waals surface area (Å²) in [5.74, 6) is -0.440. The third-order valence-electron chi connectivity index (χ3n) is 2.39. The number of ether oxygens (including phenoxy) is 1. The minimum Gasteiger partial charge on any atom is -0.469 e. The Hall–Kier alpha value is -1.43. The molecule has 0 radical (unpaired) electrons. The summed E-state index contributed by atoms with van der Waals surface area (Å²) < 4.78 is 42.4. The van der Waals surface area contributed by atoms with Gasteiger partial charge in [0.2, 0.25) is 0 Å². The van der Waals surface area contributed by atoms with E-state index in [-0.39, 0.29) is 23.2 Å². The van der Waals surface area contributed by atoms with E-state index in [1.807, 2.05) is 0 Å². The molecule has 7 heteroatoms. The maximum atomic E-state index is 12.6. The van der Waals surface area contributed by atoms with Crippen molar-refractivity contribution in [2.24, 2.45) is 0 Å². The monoisotopic (exact) mass is 295 g/mol. The normalized spacial score (nSPS) is 12.9. The summed E-state index contributed by atoms with van der Waals surface area (Å²) in [6.07, 6.45) is -4.46. The van der Waals surface area contributed by atoms with Crippen molar-refractivity contribution in [1.82, 2.24) is 0 Å². The zero-order chi connectivity index (χ0) is 14.6. The lowest BCUT2D eigenvalue weighted by Gasteiger charge is -2.16. The Morgan fingerprint density at radius 3 is 2.63 bits per heavy atom. The van der Waals surface area contributed by atoms with Crippen LogP contribution in [0, 0.1) is 0 Å². The molecule has 1 N–H and O–H groups in total. The Balaban J connectivity index is 2.83. The molecule has 1 rings (SSSR count). The van der Waals surface area contributed by atoms with Gasteiger partial charge in [-0.3, -0.25) is 4.79 Å². The average molecular weight is 296 g/mol. The van der Waals surface area contributed by atoms with Crippen molar-refractivity contribution in [3.8, 4) is 0 Å². The van der Waals surface area contributed by atoms with Crippen molar-refractivity contribution in [3.05, 3.63) is 28.8 Å². The van der Waals surface area contributed by atoms with Gasteiger partial charge >= 0.3 is 12.1 Å². The Bertz CT molecular complexity index is 463. The molecule has 0 aliphatic carbocycles. The quantitative estimate of drug-likeness (QED) is 0.860. The molecule has 0 spiro atoms. The lowest BCUT2D eigenvalue weighted by atomic mass is 10.1. The molecule has 1 atom stereocenters. The summed E-state index contributed by atoms with van der Waals surface area (Å²) in [7, 11) is 1.25. The van der Waals surface area contributed by atoms with E-state index in [9.17, 15) is 18.0 Å². The Morgan fingerprint density at radius 1 is 1.47 bits per heavy atom. The molecular weight excluding hydrogens is 283 g/mol. The molecule has 0 aliphatic rings. The first-order chi connectivity index (χ1) is 8.74. The highest BCUT2D eigenvalue weighted by Crippen LogP contribution is 2.36. The van der Waals surface area contributed by atoms with Crippen LogP contribution in [0.1, 0.15) is 18.9 Å². The third-order valence-corrected chi connectivity index (χ3v) is 2.71. The fourth-order valence-corrected chi connectivity index (χ4v) is 1.73. The topological polar surface area (TPSA) is 38.3 Å². The first kappa shape index (κ1) is 15.6. The standard InChI is InChI=1S/C12H13ClF3NO2/c1-7(5-11(18)19-2)17-8-3-4-10(13)9(6-8)12(14,15)16/h3-4,6-7,17H,5H2,1-2H3. The number of methoxy groups -OCH3 is 1. The van der Waals surface area contributed by atoms with Crippen LogP contribution in [-0.2, 0) is 15.7 Å². The van der Waals surface area contributed by atoms with Gasteiger partial charge in [-0.05, 0) is 25.1 Å². The number of nitrogens with one attached hydrogen (secondary N) is 1. The lowest BCUT2D eigenvalue weighted by molar-refractivity contribution is -0.141. The summed E-state index contributed by atoms with van der Waals surface area (Å²) >= 11 is 5.50. The minimum atomic E-state index is -4.51. The van der Waals surface area contributed by atoms with E-state index in [0.717, 1.165) is 12.1 Å². The Kier molecular flexibility index (Phi) is 5.05. The van der Waals surface area contributed by atoms with Crippen molar-refractivity contribution >= 4 is 23.3 Å². The third kappa shape index (κ3) is 4.63. The molecule has 1 unspecified atom stereocenters. The van der Waals surface area contributed by atoms with Gasteiger partial charge in [-0.15, -0.1) is 0 Å². The highest BCUT2D eigenvalue weighted by molar-refractivity contribution is 6.31. The van der Waals surface area contributed by atoms with E-state index in [2.05, 4.69) is 10.1 Å². The molecule has 0 saturated heterocycles. The Morgan fingerprint density at radius 2 is 2.11 bits per heavy atom. The highest BCUT2D eigenvalue weighted by atomic mass is 35.5. The smallest absolute Gasteiger partial charge is 0.417 e. The van der Waals surface area contributed by atoms with Crippen LogP contribution in [0.3, 0.4) is 0 Å². The van der Waals surface area contributed by atoms with Crippen molar-refractivity contribution < 1.29 is 22.7 Å². The summed E-state index contributed by atoms with van der Waals surface area (Å²) in [6.45, 7) is 1.67. The van der Waals surface area contributed by atoms with E-state index in [4.69, 9.17) is 11.6 Å². The van der Waals surface area contributed by atoms with Gasteiger partial charge in [-0.25, -0.2) is 0 Å². The average Bonchev–Trinajstić information content (AvgIpc) is 2.29. The highest BCUT2D eigenvalue weighted by Gasteiger charge is 2.33. The lowest BCUT2D eigenvalue weighted by Crippen LogP contribution is -2.20. The molecule has 1 aromatic rings. The molecule has 0 aliphatic heterocycles. The van der Waals surface area contributed by atoms with Gasteiger partial charge in [-0.1, -0.05) is 11.6 Å². The number of hydrogen-bond donors (Lipinski definition) is 1. The number of hydrogen-bond acceptors (Lipinski definition) is 3. The summed E-state index contributed by atoms with van der Waals surface area (Å²) in [6, 6.07) is 3.15. The van der Waals surface area contributed by atoms with E-state index < -0.39 is 17.7 Å². The molecule has 0 aromatic heterocycles. The zero-order valence-corrected chi connectivity index (χ0v) is 11.1. The molecule has 19 heavy (non-hydrogen) atoms. The van der Waals surface area contributed by atoms with Gasteiger partial charge < -0.3 is 10.1 Å². The van der Waals surface area contributed by atoms with Gasteiger partial charge in [-0.2, -0.15) is 13.2 Å². The van der Waals surface area contributed by atoms with Gasteiger partial charge in [0.25, 0.3) is 0 Å². The fraction of sp³-hybridized carbons (Fsp3) is 0.417. The second-order valence-electron chi connectivity index (χ2n) is 4.02. The summed E-state index contributed by atoms with van der Waals surface area (Å²) in [5, 5.41) is 2.42. The summed E-state index contributed by atoms with van der Waals surface area (Å²) in [5.41, 5.74) is -0.669. The van der Waals surface area contributed by atoms with Crippen LogP contribution in [-0.4, -0.2) is 19.1 Å². The minimum absolute atomic E-state index is 0.0560. The number of anilines is 1. The van der Waals surface area contributed by atoms with Crippen LogP contribution in [0.15, 0.2) is 18.2 Å². The first-order valence-corrected chi connectivity index (χ1v) is 5.82. The second kappa shape index (κ2) is 6.14. The predicted octanol–water partition coefficient (Wildman–Crippen LogP) is 3.72. The number of esters is 1. The van der Waals surface area contributed by atoms with Crippen molar-refractivity contribution in [3.63, 3.8) is 0 Å². The van der Waals surface area contributed by atoms with Crippen molar-refractivity contribution in [2.45, 2.75) is 25.6 Å². The molecule has 0 heterocycles. The van der Waals surface area contributed by atoms with Gasteiger partial charge in [0, 0.05) is 11.7 Å². The van der Waals surface area contributed by atoms with Crippen LogP contribution in [0.5, 0.6) is 0 Å². The molecule has 106 valence electrons. The molecule has 0 bridgehead atoms. The van der Waals surface area contributed by atoms with Crippen LogP contribution < -0.4 is 5.32 Å². The summed E-state index contributed by atoms with van der Waals surface area (Å²) in [4.78, 5) is 11.0. The van der Waals surface area contributed by atoms with Crippen molar-refractivity contribution in [2.75, 3.05) is 12.4 Å². The van der Waals surface area contributed by atoms with Crippen LogP contribution in [0.25, 0.3) is 0 Å². The molecular formula is C12H13ClF3NO2. The van der Waals surface area contributed by atoms with E-state index in [0.29, 0.717) is 0 Å². The maximum absolute atomic E-state index is 12.6.